The number of hydrogen-bond donors (Lipinski definition) is 0. The van der Waals surface area contributed by atoms with Gasteiger partial charge < -0.3 is 9.64 Å². The van der Waals surface area contributed by atoms with Gasteiger partial charge in [0.25, 0.3) is 5.91 Å². The van der Waals surface area contributed by atoms with E-state index in [1.807, 2.05) is 36.1 Å². The number of amides is 1. The lowest BCUT2D eigenvalue weighted by Crippen LogP contribution is -2.41. The van der Waals surface area contributed by atoms with Gasteiger partial charge in [0.15, 0.2) is 11.6 Å². The van der Waals surface area contributed by atoms with E-state index in [2.05, 4.69) is 10.2 Å². The van der Waals surface area contributed by atoms with Gasteiger partial charge in [-0.15, -0.1) is 10.2 Å². The Labute approximate surface area is 173 Å². The number of carbonyl (C=O) groups is 1. The number of halogens is 1. The van der Waals surface area contributed by atoms with E-state index < -0.39 is 0 Å². The fraction of sp³-hybridized carbons (Fsp3) is 0.318. The van der Waals surface area contributed by atoms with Gasteiger partial charge in [-0.25, -0.2) is 4.39 Å². The molecule has 5 nitrogen and oxygen atoms in total. The fourth-order valence-corrected chi connectivity index (χ4v) is 4.42. The maximum Gasteiger partial charge on any atom is 0.260 e. The Hall–Kier alpha value is -2.80. The van der Waals surface area contributed by atoms with E-state index in [-0.39, 0.29) is 24.2 Å². The highest BCUT2D eigenvalue weighted by atomic mass is 32.1. The second kappa shape index (κ2) is 8.69. The first-order valence-electron chi connectivity index (χ1n) is 9.65. The van der Waals surface area contributed by atoms with Crippen LogP contribution in [0.3, 0.4) is 0 Å². The molecule has 2 aromatic carbocycles. The molecule has 0 bridgehead atoms. The van der Waals surface area contributed by atoms with Gasteiger partial charge in [0.05, 0.1) is 0 Å². The van der Waals surface area contributed by atoms with Crippen molar-refractivity contribution in [3.63, 3.8) is 0 Å². The van der Waals surface area contributed by atoms with Gasteiger partial charge in [0.1, 0.15) is 16.6 Å². The van der Waals surface area contributed by atoms with Crippen molar-refractivity contribution < 1.29 is 13.9 Å². The molecule has 1 fully saturated rings. The summed E-state index contributed by atoms with van der Waals surface area (Å²) in [6.45, 7) is 3.33. The number of aryl methyl sites for hydroxylation is 1. The summed E-state index contributed by atoms with van der Waals surface area (Å²) < 4.78 is 19.6. The Morgan fingerprint density at radius 2 is 2.00 bits per heavy atom. The number of aromatic nitrogens is 2. The van der Waals surface area contributed by atoms with Crippen LogP contribution in [0, 0.1) is 12.7 Å². The average Bonchev–Trinajstić information content (AvgIpc) is 3.23. The smallest absolute Gasteiger partial charge is 0.260 e. The van der Waals surface area contributed by atoms with E-state index in [1.165, 1.54) is 17.4 Å². The monoisotopic (exact) mass is 411 g/mol. The summed E-state index contributed by atoms with van der Waals surface area (Å²) >= 11 is 1.40. The number of nitrogens with zero attached hydrogens (tertiary/aromatic N) is 3. The molecule has 150 valence electrons. The van der Waals surface area contributed by atoms with Crippen LogP contribution in [0.1, 0.15) is 29.3 Å². The molecule has 29 heavy (non-hydrogen) atoms. The van der Waals surface area contributed by atoms with Gasteiger partial charge in [-0.3, -0.25) is 4.79 Å². The lowest BCUT2D eigenvalue weighted by atomic mass is 9.99. The molecule has 0 N–H and O–H groups in total. The minimum atomic E-state index is -0.302. The fourth-order valence-electron chi connectivity index (χ4n) is 3.42. The van der Waals surface area contributed by atoms with Crippen LogP contribution in [-0.2, 0) is 4.79 Å². The molecule has 1 unspecified atom stereocenters. The molecule has 0 radical (unpaired) electrons. The van der Waals surface area contributed by atoms with Crippen LogP contribution >= 0.6 is 11.3 Å². The molecule has 0 saturated carbocycles. The van der Waals surface area contributed by atoms with E-state index in [0.717, 1.165) is 23.4 Å². The molecule has 3 aromatic rings. The zero-order valence-electron chi connectivity index (χ0n) is 16.2. The summed E-state index contributed by atoms with van der Waals surface area (Å²) in [6.07, 6.45) is 1.84. The number of carbonyl (C=O) groups excluding carboxylic acids is 1. The van der Waals surface area contributed by atoms with E-state index >= 15 is 0 Å². The van der Waals surface area contributed by atoms with Crippen LogP contribution in [0.25, 0.3) is 10.6 Å². The third-order valence-corrected chi connectivity index (χ3v) is 6.17. The summed E-state index contributed by atoms with van der Waals surface area (Å²) in [5.74, 6) is 0.472. The van der Waals surface area contributed by atoms with Gasteiger partial charge in [-0.2, -0.15) is 0 Å². The second-order valence-electron chi connectivity index (χ2n) is 7.21. The van der Waals surface area contributed by atoms with E-state index in [9.17, 15) is 9.18 Å². The molecule has 1 atom stereocenters. The van der Waals surface area contributed by atoms with Gasteiger partial charge in [-0.1, -0.05) is 41.2 Å². The molecule has 7 heteroatoms. The van der Waals surface area contributed by atoms with Crippen LogP contribution in [0.15, 0.2) is 48.5 Å². The van der Waals surface area contributed by atoms with E-state index in [0.29, 0.717) is 29.4 Å². The van der Waals surface area contributed by atoms with Crippen molar-refractivity contribution in [3.8, 4) is 16.3 Å². The molecule has 0 aliphatic carbocycles. The maximum atomic E-state index is 14.0. The molecular formula is C22H22FN3O2S. The molecule has 1 aliphatic rings. The molecule has 0 spiro atoms. The number of hydrogen-bond acceptors (Lipinski definition) is 5. The molecule has 4 rings (SSSR count). The Bertz CT molecular complexity index is 990. The van der Waals surface area contributed by atoms with Crippen molar-refractivity contribution in [1.29, 1.82) is 0 Å². The van der Waals surface area contributed by atoms with Crippen LogP contribution in [0.2, 0.25) is 0 Å². The van der Waals surface area contributed by atoms with Crippen LogP contribution < -0.4 is 4.74 Å². The predicted molar refractivity (Wildman–Crippen MR) is 111 cm³/mol. The quantitative estimate of drug-likeness (QED) is 0.623. The van der Waals surface area contributed by atoms with Gasteiger partial charge in [0, 0.05) is 24.6 Å². The number of rotatable bonds is 5. The molecular weight excluding hydrogens is 389 g/mol. The second-order valence-corrected chi connectivity index (χ2v) is 8.22. The van der Waals surface area contributed by atoms with Gasteiger partial charge >= 0.3 is 0 Å². The van der Waals surface area contributed by atoms with Crippen molar-refractivity contribution in [2.75, 3.05) is 19.7 Å². The highest BCUT2D eigenvalue weighted by Crippen LogP contribution is 2.33. The van der Waals surface area contributed by atoms with Gasteiger partial charge in [-0.05, 0) is 44.0 Å². The van der Waals surface area contributed by atoms with Crippen molar-refractivity contribution in [2.24, 2.45) is 0 Å². The Morgan fingerprint density at radius 1 is 1.21 bits per heavy atom. The third-order valence-electron chi connectivity index (χ3n) is 5.05. The average molecular weight is 412 g/mol. The van der Waals surface area contributed by atoms with Crippen molar-refractivity contribution >= 4 is 17.2 Å². The molecule has 1 amide bonds. The molecule has 1 saturated heterocycles. The largest absolute Gasteiger partial charge is 0.484 e. The zero-order valence-corrected chi connectivity index (χ0v) is 17.0. The predicted octanol–water partition coefficient (Wildman–Crippen LogP) is 4.44. The summed E-state index contributed by atoms with van der Waals surface area (Å²) in [5.41, 5.74) is 1.61. The Morgan fingerprint density at radius 3 is 2.79 bits per heavy atom. The van der Waals surface area contributed by atoms with E-state index in [1.54, 1.807) is 18.2 Å². The first-order valence-corrected chi connectivity index (χ1v) is 10.5. The van der Waals surface area contributed by atoms with Crippen molar-refractivity contribution in [1.82, 2.24) is 15.1 Å². The molecule has 1 aliphatic heterocycles. The zero-order chi connectivity index (χ0) is 20.2. The minimum absolute atomic E-state index is 0.0202. The number of likely N-dealkylation sites (tertiary alicyclic amines) is 1. The Balaban J connectivity index is 1.39. The molecule has 1 aromatic heterocycles. The summed E-state index contributed by atoms with van der Waals surface area (Å²) in [5, 5.41) is 9.88. The summed E-state index contributed by atoms with van der Waals surface area (Å²) in [4.78, 5) is 14.4. The highest BCUT2D eigenvalue weighted by molar-refractivity contribution is 7.14. The maximum absolute atomic E-state index is 14.0. The summed E-state index contributed by atoms with van der Waals surface area (Å²) in [6, 6.07) is 14.2. The summed E-state index contributed by atoms with van der Waals surface area (Å²) in [7, 11) is 0. The van der Waals surface area contributed by atoms with Crippen LogP contribution in [0.4, 0.5) is 4.39 Å². The minimum Gasteiger partial charge on any atom is -0.484 e. The van der Waals surface area contributed by atoms with Crippen LogP contribution in [0.5, 0.6) is 5.75 Å². The first kappa shape index (κ1) is 19.5. The first-order chi connectivity index (χ1) is 14.1. The topological polar surface area (TPSA) is 55.3 Å². The van der Waals surface area contributed by atoms with E-state index in [4.69, 9.17) is 4.74 Å². The molecule has 2 heterocycles. The van der Waals surface area contributed by atoms with Crippen molar-refractivity contribution in [3.05, 3.63) is 64.9 Å². The normalized spacial score (nSPS) is 16.6. The standard InChI is InChI=1S/C22H22FN3O2S/c1-15-8-10-17(11-9-15)28-14-20(27)26-12-4-5-16(13-26)21-24-25-22(29-21)18-6-2-3-7-19(18)23/h2-3,6-11,16H,4-5,12-14H2,1H3. The Kier molecular flexibility index (Phi) is 5.85. The van der Waals surface area contributed by atoms with Crippen molar-refractivity contribution in [2.45, 2.75) is 25.7 Å². The van der Waals surface area contributed by atoms with Gasteiger partial charge in [0.2, 0.25) is 0 Å². The highest BCUT2D eigenvalue weighted by Gasteiger charge is 2.27. The number of ether oxygens (including phenoxy) is 1. The number of piperidine rings is 1. The SMILES string of the molecule is Cc1ccc(OCC(=O)N2CCCC(c3nnc(-c4ccccc4F)s3)C2)cc1. The lowest BCUT2D eigenvalue weighted by molar-refractivity contribution is -0.134. The lowest BCUT2D eigenvalue weighted by Gasteiger charge is -2.31. The third kappa shape index (κ3) is 4.62. The van der Waals surface area contributed by atoms with Crippen LogP contribution in [-0.4, -0.2) is 40.7 Å². The number of benzene rings is 2.